The van der Waals surface area contributed by atoms with Gasteiger partial charge in [0.2, 0.25) is 0 Å². The van der Waals surface area contributed by atoms with Gasteiger partial charge in [0.25, 0.3) is 0 Å². The molecule has 3 rings (SSSR count). The molecule has 0 aliphatic heterocycles. The highest BCUT2D eigenvalue weighted by Gasteiger charge is 2.25. The Labute approximate surface area is 113 Å². The lowest BCUT2D eigenvalue weighted by Crippen LogP contribution is -2.15. The maximum Gasteiger partial charge on any atom is 0.185 e. The number of carbonyl (C=O) groups excluding carboxylic acids is 1. The van der Waals surface area contributed by atoms with E-state index in [1.807, 2.05) is 30.3 Å². The van der Waals surface area contributed by atoms with Gasteiger partial charge in [-0.05, 0) is 23.1 Å². The lowest BCUT2D eigenvalue weighted by atomic mass is 9.77. The Bertz CT molecular complexity index is 625. The standard InChI is InChI=1S/C18H16O/c1-13(14-7-3-2-4-8-14)15-11-12-18(19)17-10-6-5-9-16(15)17/h2-13,15H,1H3/t13-,15-/m1/s1. The van der Waals surface area contributed by atoms with E-state index >= 15 is 0 Å². The van der Waals surface area contributed by atoms with Crippen LogP contribution < -0.4 is 0 Å². The smallest absolute Gasteiger partial charge is 0.185 e. The second-order valence-corrected chi connectivity index (χ2v) is 5.04. The van der Waals surface area contributed by atoms with Gasteiger partial charge in [-0.25, -0.2) is 0 Å². The fourth-order valence-corrected chi connectivity index (χ4v) is 2.80. The molecule has 2 atom stereocenters. The highest BCUT2D eigenvalue weighted by Crippen LogP contribution is 2.37. The van der Waals surface area contributed by atoms with E-state index in [0.717, 1.165) is 11.1 Å². The predicted octanol–water partition coefficient (Wildman–Crippen LogP) is 4.33. The minimum absolute atomic E-state index is 0.118. The molecule has 0 amide bonds. The summed E-state index contributed by atoms with van der Waals surface area (Å²) in [6.07, 6.45) is 3.76. The molecule has 0 fully saturated rings. The zero-order valence-corrected chi connectivity index (χ0v) is 10.9. The minimum atomic E-state index is 0.118. The van der Waals surface area contributed by atoms with Gasteiger partial charge >= 0.3 is 0 Å². The summed E-state index contributed by atoms with van der Waals surface area (Å²) in [4.78, 5) is 11.9. The first kappa shape index (κ1) is 11.9. The normalized spacial score (nSPS) is 19.0. The van der Waals surface area contributed by atoms with Crippen molar-refractivity contribution in [1.29, 1.82) is 0 Å². The molecule has 1 aliphatic carbocycles. The van der Waals surface area contributed by atoms with Gasteiger partial charge in [0, 0.05) is 11.5 Å². The summed E-state index contributed by atoms with van der Waals surface area (Å²) in [5, 5.41) is 0. The Hall–Kier alpha value is -2.15. The number of fused-ring (bicyclic) bond motifs is 1. The van der Waals surface area contributed by atoms with Crippen LogP contribution in [0.5, 0.6) is 0 Å². The maximum atomic E-state index is 11.9. The maximum absolute atomic E-state index is 11.9. The van der Waals surface area contributed by atoms with Crippen molar-refractivity contribution in [2.24, 2.45) is 0 Å². The van der Waals surface area contributed by atoms with Crippen LogP contribution in [0.3, 0.4) is 0 Å². The molecular formula is C18H16O. The van der Waals surface area contributed by atoms with E-state index in [1.54, 1.807) is 6.08 Å². The average Bonchev–Trinajstić information content (AvgIpc) is 2.48. The fourth-order valence-electron chi connectivity index (χ4n) is 2.80. The van der Waals surface area contributed by atoms with E-state index in [1.165, 1.54) is 5.56 Å². The van der Waals surface area contributed by atoms with Crippen molar-refractivity contribution in [1.82, 2.24) is 0 Å². The summed E-state index contributed by atoms with van der Waals surface area (Å²) in [6.45, 7) is 2.22. The Morgan fingerprint density at radius 2 is 1.63 bits per heavy atom. The highest BCUT2D eigenvalue weighted by atomic mass is 16.1. The fraction of sp³-hybridized carbons (Fsp3) is 0.167. The quantitative estimate of drug-likeness (QED) is 0.773. The molecule has 19 heavy (non-hydrogen) atoms. The molecule has 2 aromatic rings. The molecule has 0 N–H and O–H groups in total. The van der Waals surface area contributed by atoms with Gasteiger partial charge in [0.15, 0.2) is 5.78 Å². The molecule has 0 saturated carbocycles. The number of allylic oxidation sites excluding steroid dienone is 2. The molecule has 0 radical (unpaired) electrons. The zero-order valence-electron chi connectivity index (χ0n) is 10.9. The molecule has 2 aromatic carbocycles. The van der Waals surface area contributed by atoms with Crippen LogP contribution in [0.2, 0.25) is 0 Å². The van der Waals surface area contributed by atoms with Crippen LogP contribution in [0, 0.1) is 0 Å². The van der Waals surface area contributed by atoms with E-state index in [-0.39, 0.29) is 11.7 Å². The number of hydrogen-bond acceptors (Lipinski definition) is 1. The van der Waals surface area contributed by atoms with Crippen molar-refractivity contribution in [2.75, 3.05) is 0 Å². The van der Waals surface area contributed by atoms with E-state index in [4.69, 9.17) is 0 Å². The average molecular weight is 248 g/mol. The Kier molecular flexibility index (Phi) is 3.04. The first-order chi connectivity index (χ1) is 9.27. The summed E-state index contributed by atoms with van der Waals surface area (Å²) in [5.41, 5.74) is 3.30. The summed E-state index contributed by atoms with van der Waals surface area (Å²) < 4.78 is 0. The minimum Gasteiger partial charge on any atom is -0.289 e. The third-order valence-corrected chi connectivity index (χ3v) is 3.90. The van der Waals surface area contributed by atoms with E-state index in [2.05, 4.69) is 37.3 Å². The molecule has 0 unspecified atom stereocenters. The van der Waals surface area contributed by atoms with Crippen molar-refractivity contribution in [3.8, 4) is 0 Å². The monoisotopic (exact) mass is 248 g/mol. The Morgan fingerprint density at radius 3 is 2.42 bits per heavy atom. The van der Waals surface area contributed by atoms with Gasteiger partial charge in [-0.2, -0.15) is 0 Å². The highest BCUT2D eigenvalue weighted by molar-refractivity contribution is 6.07. The van der Waals surface area contributed by atoms with Crippen LogP contribution in [-0.4, -0.2) is 5.78 Å². The van der Waals surface area contributed by atoms with Crippen LogP contribution in [0.25, 0.3) is 0 Å². The number of ketones is 1. The molecule has 0 heterocycles. The molecule has 0 spiro atoms. The van der Waals surface area contributed by atoms with Gasteiger partial charge in [-0.1, -0.05) is 67.6 Å². The first-order valence-corrected chi connectivity index (χ1v) is 6.64. The topological polar surface area (TPSA) is 17.1 Å². The van der Waals surface area contributed by atoms with E-state index in [0.29, 0.717) is 5.92 Å². The molecule has 0 bridgehead atoms. The summed E-state index contributed by atoms with van der Waals surface area (Å²) in [7, 11) is 0. The van der Waals surface area contributed by atoms with Crippen LogP contribution in [0.4, 0.5) is 0 Å². The van der Waals surface area contributed by atoms with Crippen LogP contribution in [-0.2, 0) is 0 Å². The molecular weight excluding hydrogens is 232 g/mol. The molecule has 1 heteroatoms. The van der Waals surface area contributed by atoms with Crippen molar-refractivity contribution >= 4 is 5.78 Å². The third-order valence-electron chi connectivity index (χ3n) is 3.90. The number of rotatable bonds is 2. The van der Waals surface area contributed by atoms with Gasteiger partial charge in [-0.3, -0.25) is 4.79 Å². The van der Waals surface area contributed by atoms with Crippen LogP contribution >= 0.6 is 0 Å². The second kappa shape index (κ2) is 4.85. The summed E-state index contributed by atoms with van der Waals surface area (Å²) in [5.74, 6) is 0.759. The molecule has 1 nitrogen and oxygen atoms in total. The van der Waals surface area contributed by atoms with Gasteiger partial charge in [-0.15, -0.1) is 0 Å². The number of carbonyl (C=O) groups is 1. The Morgan fingerprint density at radius 1 is 0.947 bits per heavy atom. The second-order valence-electron chi connectivity index (χ2n) is 5.04. The summed E-state index contributed by atoms with van der Waals surface area (Å²) >= 11 is 0. The Balaban J connectivity index is 2.02. The van der Waals surface area contributed by atoms with Crippen LogP contribution in [0.15, 0.2) is 66.7 Å². The summed E-state index contributed by atoms with van der Waals surface area (Å²) in [6, 6.07) is 18.4. The zero-order chi connectivity index (χ0) is 13.2. The number of hydrogen-bond donors (Lipinski definition) is 0. The van der Waals surface area contributed by atoms with E-state index < -0.39 is 0 Å². The lowest BCUT2D eigenvalue weighted by molar-refractivity contribution is 0.104. The van der Waals surface area contributed by atoms with Crippen molar-refractivity contribution in [3.63, 3.8) is 0 Å². The first-order valence-electron chi connectivity index (χ1n) is 6.64. The van der Waals surface area contributed by atoms with Gasteiger partial charge in [0.1, 0.15) is 0 Å². The van der Waals surface area contributed by atoms with Gasteiger partial charge < -0.3 is 0 Å². The van der Waals surface area contributed by atoms with Crippen molar-refractivity contribution < 1.29 is 4.79 Å². The largest absolute Gasteiger partial charge is 0.289 e. The third kappa shape index (κ3) is 2.12. The molecule has 1 aliphatic rings. The van der Waals surface area contributed by atoms with E-state index in [9.17, 15) is 4.79 Å². The SMILES string of the molecule is C[C@H](c1ccccc1)[C@H]1C=CC(=O)c2ccccc21. The molecule has 0 aromatic heterocycles. The van der Waals surface area contributed by atoms with Crippen molar-refractivity contribution in [2.45, 2.75) is 18.8 Å². The molecule has 94 valence electrons. The van der Waals surface area contributed by atoms with Crippen molar-refractivity contribution in [3.05, 3.63) is 83.4 Å². The van der Waals surface area contributed by atoms with Crippen LogP contribution in [0.1, 0.15) is 40.2 Å². The van der Waals surface area contributed by atoms with Gasteiger partial charge in [0.05, 0.1) is 0 Å². The predicted molar refractivity (Wildman–Crippen MR) is 77.5 cm³/mol. The molecule has 0 saturated heterocycles. The number of benzene rings is 2. The lowest BCUT2D eigenvalue weighted by Gasteiger charge is -2.26.